The van der Waals surface area contributed by atoms with E-state index >= 15 is 0 Å². The molecule has 3 aromatic carbocycles. The van der Waals surface area contributed by atoms with Gasteiger partial charge in [0, 0.05) is 5.02 Å². The van der Waals surface area contributed by atoms with E-state index in [2.05, 4.69) is 15.5 Å². The molecule has 0 bridgehead atoms. The Labute approximate surface area is 209 Å². The third-order valence-electron chi connectivity index (χ3n) is 4.64. The van der Waals surface area contributed by atoms with Crippen LogP contribution in [0.2, 0.25) is 5.02 Å². The monoisotopic (exact) mass is 508 g/mol. The van der Waals surface area contributed by atoms with E-state index in [0.29, 0.717) is 31.8 Å². The summed E-state index contributed by atoms with van der Waals surface area (Å²) in [6.45, 7) is 0. The maximum Gasteiger partial charge on any atom is 0.266 e. The molecule has 0 radical (unpaired) electrons. The average molecular weight is 509 g/mol. The fourth-order valence-electron chi connectivity index (χ4n) is 3.10. The molecule has 0 saturated carbocycles. The fourth-order valence-corrected chi connectivity index (χ4v) is 4.21. The summed E-state index contributed by atoms with van der Waals surface area (Å²) < 4.78 is 1.47. The van der Waals surface area contributed by atoms with Crippen LogP contribution >= 0.6 is 35.0 Å². The lowest BCUT2D eigenvalue weighted by Crippen LogP contribution is -2.24. The number of hydrogen-bond donors (Lipinski definition) is 1. The maximum absolute atomic E-state index is 13.2. The first-order valence-electron chi connectivity index (χ1n) is 10.2. The number of amides is 1. The summed E-state index contributed by atoms with van der Waals surface area (Å²) in [5, 5.41) is 5.68. The third-order valence-corrected chi connectivity index (χ3v) is 6.04. The van der Waals surface area contributed by atoms with Crippen LogP contribution in [0.3, 0.4) is 0 Å². The highest BCUT2D eigenvalue weighted by molar-refractivity contribution is 7.99. The minimum absolute atomic E-state index is 0.00424. The first kappa shape index (κ1) is 23.8. The molecule has 0 spiro atoms. The summed E-state index contributed by atoms with van der Waals surface area (Å²) in [6, 6.07) is 23.5. The van der Waals surface area contributed by atoms with Gasteiger partial charge in [-0.2, -0.15) is 5.10 Å². The number of benzene rings is 3. The molecule has 0 fully saturated rings. The zero-order valence-corrected chi connectivity index (χ0v) is 20.0. The molecular formula is C25H18Cl2N4O2S. The number of thioether (sulfide) groups is 1. The van der Waals surface area contributed by atoms with Crippen molar-refractivity contribution in [1.82, 2.24) is 15.0 Å². The van der Waals surface area contributed by atoms with Gasteiger partial charge in [0.05, 0.1) is 33.6 Å². The van der Waals surface area contributed by atoms with Crippen LogP contribution in [0.25, 0.3) is 22.7 Å². The number of carbonyl (C=O) groups excluding carboxylic acids is 1. The molecule has 1 amide bonds. The Hall–Kier alpha value is -3.39. The first-order chi connectivity index (χ1) is 16.5. The highest BCUT2D eigenvalue weighted by Crippen LogP contribution is 2.22. The van der Waals surface area contributed by atoms with Gasteiger partial charge in [0.25, 0.3) is 11.5 Å². The van der Waals surface area contributed by atoms with Gasteiger partial charge in [-0.25, -0.2) is 10.4 Å². The molecule has 1 heterocycles. The van der Waals surface area contributed by atoms with Gasteiger partial charge in [-0.15, -0.1) is 0 Å². The Kier molecular flexibility index (Phi) is 7.80. The Morgan fingerprint density at radius 1 is 1.03 bits per heavy atom. The minimum atomic E-state index is -0.365. The number of nitrogens with zero attached hydrogens (tertiary/aromatic N) is 3. The molecule has 4 aromatic rings. The Balaban J connectivity index is 1.51. The van der Waals surface area contributed by atoms with Gasteiger partial charge in [0.1, 0.15) is 0 Å². The predicted molar refractivity (Wildman–Crippen MR) is 140 cm³/mol. The topological polar surface area (TPSA) is 76.3 Å². The van der Waals surface area contributed by atoms with Crippen LogP contribution in [-0.2, 0) is 4.79 Å². The number of allylic oxidation sites excluding steroid dienone is 1. The fraction of sp³-hybridized carbons (Fsp3) is 0.0400. The molecule has 170 valence electrons. The van der Waals surface area contributed by atoms with Crippen LogP contribution in [0, 0.1) is 0 Å². The zero-order chi connectivity index (χ0) is 23.9. The van der Waals surface area contributed by atoms with Gasteiger partial charge >= 0.3 is 0 Å². The first-order valence-corrected chi connectivity index (χ1v) is 11.9. The summed E-state index contributed by atoms with van der Waals surface area (Å²) in [5.74, 6) is -0.370. The summed E-state index contributed by atoms with van der Waals surface area (Å²) in [6.07, 6.45) is 3.09. The van der Waals surface area contributed by atoms with Gasteiger partial charge in [0.15, 0.2) is 5.16 Å². The second kappa shape index (κ2) is 11.2. The van der Waals surface area contributed by atoms with Crippen molar-refractivity contribution in [1.29, 1.82) is 0 Å². The number of hydrogen-bond acceptors (Lipinski definition) is 5. The van der Waals surface area contributed by atoms with E-state index in [1.807, 2.05) is 36.4 Å². The van der Waals surface area contributed by atoms with Gasteiger partial charge < -0.3 is 0 Å². The van der Waals surface area contributed by atoms with Crippen LogP contribution in [-0.4, -0.2) is 27.4 Å². The molecule has 0 aliphatic heterocycles. The number of rotatable bonds is 7. The van der Waals surface area contributed by atoms with Gasteiger partial charge in [-0.1, -0.05) is 77.4 Å². The molecular weight excluding hydrogens is 491 g/mol. The van der Waals surface area contributed by atoms with E-state index in [4.69, 9.17) is 23.2 Å². The van der Waals surface area contributed by atoms with Gasteiger partial charge in [0.2, 0.25) is 0 Å². The van der Waals surface area contributed by atoms with E-state index in [1.54, 1.807) is 48.5 Å². The number of fused-ring (bicyclic) bond motifs is 1. The van der Waals surface area contributed by atoms with Crippen LogP contribution in [0.1, 0.15) is 5.56 Å². The lowest BCUT2D eigenvalue weighted by molar-refractivity contribution is -0.118. The summed E-state index contributed by atoms with van der Waals surface area (Å²) in [7, 11) is 0. The van der Waals surface area contributed by atoms with Crippen molar-refractivity contribution < 1.29 is 4.79 Å². The number of para-hydroxylation sites is 1. The normalized spacial score (nSPS) is 11.8. The predicted octanol–water partition coefficient (Wildman–Crippen LogP) is 5.51. The van der Waals surface area contributed by atoms with Crippen molar-refractivity contribution in [3.63, 3.8) is 0 Å². The van der Waals surface area contributed by atoms with Crippen LogP contribution < -0.4 is 11.0 Å². The van der Waals surface area contributed by atoms with E-state index in [1.165, 1.54) is 10.8 Å². The van der Waals surface area contributed by atoms with E-state index < -0.39 is 0 Å². The maximum atomic E-state index is 13.2. The summed E-state index contributed by atoms with van der Waals surface area (Å²) >= 11 is 13.3. The standard InChI is InChI=1S/C25H18Cl2N4O2S/c26-18-10-12-20(13-11-18)31-24(33)21-8-4-5-9-22(21)29-25(31)34-16-23(32)30-28-15-19(27)14-17-6-2-1-3-7-17/h1-15H,16H2,(H,30,32). The van der Waals surface area contributed by atoms with Crippen molar-refractivity contribution in [3.05, 3.63) is 105 Å². The lowest BCUT2D eigenvalue weighted by Gasteiger charge is -2.13. The molecule has 0 unspecified atom stereocenters. The van der Waals surface area contributed by atoms with Crippen molar-refractivity contribution in [2.24, 2.45) is 5.10 Å². The molecule has 34 heavy (non-hydrogen) atoms. The van der Waals surface area contributed by atoms with Crippen molar-refractivity contribution in [2.75, 3.05) is 5.75 Å². The second-order valence-corrected chi connectivity index (χ2v) is 8.87. The number of halogens is 2. The molecule has 9 heteroatoms. The Morgan fingerprint density at radius 2 is 1.74 bits per heavy atom. The smallest absolute Gasteiger partial charge is 0.266 e. The number of aromatic nitrogens is 2. The molecule has 1 N–H and O–H groups in total. The Morgan fingerprint density at radius 3 is 2.50 bits per heavy atom. The average Bonchev–Trinajstić information content (AvgIpc) is 2.84. The van der Waals surface area contributed by atoms with Crippen molar-refractivity contribution in [3.8, 4) is 5.69 Å². The largest absolute Gasteiger partial charge is 0.272 e. The number of hydrazone groups is 1. The number of carbonyl (C=O) groups is 1. The van der Waals surface area contributed by atoms with Gasteiger partial charge in [-0.3, -0.25) is 14.2 Å². The third kappa shape index (κ3) is 5.94. The molecule has 0 aliphatic rings. The van der Waals surface area contributed by atoms with E-state index in [0.717, 1.165) is 17.3 Å². The summed E-state index contributed by atoms with van der Waals surface area (Å²) in [4.78, 5) is 30.2. The molecule has 0 atom stereocenters. The van der Waals surface area contributed by atoms with Crippen LogP contribution in [0.4, 0.5) is 0 Å². The zero-order valence-electron chi connectivity index (χ0n) is 17.7. The van der Waals surface area contributed by atoms with E-state index in [-0.39, 0.29) is 17.2 Å². The van der Waals surface area contributed by atoms with Crippen molar-refractivity contribution in [2.45, 2.75) is 5.16 Å². The second-order valence-electron chi connectivity index (χ2n) is 7.05. The molecule has 4 rings (SSSR count). The molecule has 0 saturated heterocycles. The number of nitrogens with one attached hydrogen (secondary N) is 1. The van der Waals surface area contributed by atoms with Crippen LogP contribution in [0.15, 0.2) is 98.9 Å². The quantitative estimate of drug-likeness (QED) is 0.154. The minimum Gasteiger partial charge on any atom is -0.272 e. The molecule has 6 nitrogen and oxygen atoms in total. The van der Waals surface area contributed by atoms with Crippen molar-refractivity contribution >= 4 is 64.1 Å². The lowest BCUT2D eigenvalue weighted by atomic mass is 10.2. The van der Waals surface area contributed by atoms with E-state index in [9.17, 15) is 9.59 Å². The summed E-state index contributed by atoms with van der Waals surface area (Å²) in [5.41, 5.74) is 4.29. The SMILES string of the molecule is O=C(CSc1nc2ccccc2c(=O)n1-c1ccc(Cl)cc1)NN=CC(Cl)=Cc1ccccc1. The van der Waals surface area contributed by atoms with Gasteiger partial charge in [-0.05, 0) is 48.0 Å². The van der Waals surface area contributed by atoms with Crippen LogP contribution in [0.5, 0.6) is 0 Å². The Bertz CT molecular complexity index is 1440. The highest BCUT2D eigenvalue weighted by atomic mass is 35.5. The molecule has 1 aromatic heterocycles. The molecule has 0 aliphatic carbocycles. The highest BCUT2D eigenvalue weighted by Gasteiger charge is 2.14.